The maximum absolute atomic E-state index is 12.3. The van der Waals surface area contributed by atoms with Gasteiger partial charge in [0.05, 0.1) is 11.9 Å². The molecule has 2 N–H and O–H groups in total. The van der Waals surface area contributed by atoms with Crippen LogP contribution < -0.4 is 5.32 Å². The van der Waals surface area contributed by atoms with Crippen LogP contribution in [-0.2, 0) is 19.9 Å². The first kappa shape index (κ1) is 14.1. The molecule has 112 valence electrons. The summed E-state index contributed by atoms with van der Waals surface area (Å²) in [7, 11) is 1.84. The molecule has 7 nitrogen and oxygen atoms in total. The van der Waals surface area contributed by atoms with Crippen LogP contribution in [-0.4, -0.2) is 43.4 Å². The molecule has 0 spiro atoms. The lowest BCUT2D eigenvalue weighted by Gasteiger charge is -2.11. The number of carbonyl (C=O) groups is 1. The maximum Gasteiger partial charge on any atom is 0.269 e. The number of aromatic nitrogens is 5. The Balaban J connectivity index is 1.57. The fourth-order valence-electron chi connectivity index (χ4n) is 2.63. The van der Waals surface area contributed by atoms with E-state index in [1.54, 1.807) is 22.6 Å². The Hall–Kier alpha value is -1.83. The van der Waals surface area contributed by atoms with E-state index in [9.17, 15) is 4.79 Å². The summed E-state index contributed by atoms with van der Waals surface area (Å²) in [5.41, 5.74) is 2.94. The highest BCUT2D eigenvalue weighted by Crippen LogP contribution is 2.23. The lowest BCUT2D eigenvalue weighted by Crippen LogP contribution is -2.28. The van der Waals surface area contributed by atoms with Crippen molar-refractivity contribution in [3.05, 3.63) is 23.1 Å². The molecule has 1 amide bonds. The second-order valence-corrected chi connectivity index (χ2v) is 6.13. The molecule has 1 aliphatic carbocycles. The van der Waals surface area contributed by atoms with E-state index >= 15 is 0 Å². The first-order valence-corrected chi connectivity index (χ1v) is 8.06. The van der Waals surface area contributed by atoms with Crippen LogP contribution in [0, 0.1) is 0 Å². The summed E-state index contributed by atoms with van der Waals surface area (Å²) in [5, 5.41) is 18.5. The van der Waals surface area contributed by atoms with Crippen molar-refractivity contribution < 1.29 is 4.79 Å². The topological polar surface area (TPSA) is 88.5 Å². The van der Waals surface area contributed by atoms with Gasteiger partial charge in [0.15, 0.2) is 0 Å². The maximum atomic E-state index is 12.3. The van der Waals surface area contributed by atoms with E-state index in [0.29, 0.717) is 6.54 Å². The molecule has 21 heavy (non-hydrogen) atoms. The minimum absolute atomic E-state index is 0.0334. The third-order valence-electron chi connectivity index (χ3n) is 3.56. The quantitative estimate of drug-likeness (QED) is 0.634. The van der Waals surface area contributed by atoms with Crippen LogP contribution in [0.2, 0.25) is 0 Å². The van der Waals surface area contributed by atoms with Gasteiger partial charge in [0, 0.05) is 24.9 Å². The Morgan fingerprint density at radius 2 is 2.33 bits per heavy atom. The van der Waals surface area contributed by atoms with Crippen molar-refractivity contribution in [1.82, 2.24) is 30.5 Å². The molecule has 0 fully saturated rings. The largest absolute Gasteiger partial charge is 0.350 e. The summed E-state index contributed by atoms with van der Waals surface area (Å²) in [4.78, 5) is 12.3. The molecule has 0 unspecified atom stereocenters. The SMILES string of the molecule is Cn1nc2c(c1C(=O)NCCSc1cn[nH]n1)CCCC2. The third kappa shape index (κ3) is 3.10. The summed E-state index contributed by atoms with van der Waals surface area (Å²) >= 11 is 1.56. The van der Waals surface area contributed by atoms with E-state index in [4.69, 9.17) is 0 Å². The number of nitrogens with zero attached hydrogens (tertiary/aromatic N) is 4. The number of aromatic amines is 1. The van der Waals surface area contributed by atoms with E-state index in [-0.39, 0.29) is 5.91 Å². The lowest BCUT2D eigenvalue weighted by atomic mass is 9.96. The normalized spacial score (nSPS) is 14.0. The summed E-state index contributed by atoms with van der Waals surface area (Å²) < 4.78 is 1.72. The third-order valence-corrected chi connectivity index (χ3v) is 4.47. The number of rotatable bonds is 5. The Bertz CT molecular complexity index is 621. The lowest BCUT2D eigenvalue weighted by molar-refractivity contribution is 0.0945. The predicted octanol–water partition coefficient (Wildman–Crippen LogP) is 0.939. The molecular formula is C13H18N6OS. The van der Waals surface area contributed by atoms with Crippen LogP contribution >= 0.6 is 11.8 Å². The van der Waals surface area contributed by atoms with Gasteiger partial charge in [-0.2, -0.15) is 15.4 Å². The van der Waals surface area contributed by atoms with Crippen molar-refractivity contribution in [1.29, 1.82) is 0 Å². The van der Waals surface area contributed by atoms with Crippen molar-refractivity contribution in [3.8, 4) is 0 Å². The average Bonchev–Trinajstić information content (AvgIpc) is 3.09. The number of fused-ring (bicyclic) bond motifs is 1. The Labute approximate surface area is 126 Å². The van der Waals surface area contributed by atoms with Gasteiger partial charge in [-0.15, -0.1) is 16.9 Å². The number of hydrogen-bond donors (Lipinski definition) is 2. The van der Waals surface area contributed by atoms with E-state index in [1.165, 1.54) is 6.42 Å². The van der Waals surface area contributed by atoms with Gasteiger partial charge in [-0.25, -0.2) is 0 Å². The highest BCUT2D eigenvalue weighted by molar-refractivity contribution is 7.99. The van der Waals surface area contributed by atoms with E-state index in [2.05, 4.69) is 25.8 Å². The van der Waals surface area contributed by atoms with Gasteiger partial charge in [-0.3, -0.25) is 9.48 Å². The summed E-state index contributed by atoms with van der Waals surface area (Å²) in [5.74, 6) is 0.729. The Morgan fingerprint density at radius 3 is 3.14 bits per heavy atom. The molecule has 0 aliphatic heterocycles. The number of carbonyl (C=O) groups excluding carboxylic acids is 1. The summed E-state index contributed by atoms with van der Waals surface area (Å²) in [6, 6.07) is 0. The first-order chi connectivity index (χ1) is 10.3. The van der Waals surface area contributed by atoms with Crippen LogP contribution in [0.3, 0.4) is 0 Å². The van der Waals surface area contributed by atoms with Crippen molar-refractivity contribution >= 4 is 17.7 Å². The average molecular weight is 306 g/mol. The van der Waals surface area contributed by atoms with Crippen LogP contribution in [0.1, 0.15) is 34.6 Å². The number of amides is 1. The number of aryl methyl sites for hydroxylation is 2. The Kier molecular flexibility index (Phi) is 4.23. The zero-order valence-electron chi connectivity index (χ0n) is 11.9. The van der Waals surface area contributed by atoms with E-state index in [0.717, 1.165) is 47.0 Å². The molecule has 0 saturated heterocycles. The molecule has 2 aromatic rings. The van der Waals surface area contributed by atoms with Gasteiger partial charge in [0.25, 0.3) is 5.91 Å². The number of thioether (sulfide) groups is 1. The highest BCUT2D eigenvalue weighted by atomic mass is 32.2. The highest BCUT2D eigenvalue weighted by Gasteiger charge is 2.23. The molecule has 1 aliphatic rings. The number of nitrogens with one attached hydrogen (secondary N) is 2. The minimum atomic E-state index is -0.0334. The van der Waals surface area contributed by atoms with E-state index in [1.807, 2.05) is 7.05 Å². The molecule has 2 heterocycles. The molecule has 2 aromatic heterocycles. The summed E-state index contributed by atoms with van der Waals surface area (Å²) in [6.45, 7) is 0.594. The van der Waals surface area contributed by atoms with Crippen LogP contribution in [0.5, 0.6) is 0 Å². The summed E-state index contributed by atoms with van der Waals surface area (Å²) in [6.07, 6.45) is 5.92. The molecule has 0 radical (unpaired) electrons. The predicted molar refractivity (Wildman–Crippen MR) is 79.3 cm³/mol. The molecular weight excluding hydrogens is 288 g/mol. The van der Waals surface area contributed by atoms with Crippen molar-refractivity contribution in [2.75, 3.05) is 12.3 Å². The van der Waals surface area contributed by atoms with Gasteiger partial charge in [-0.1, -0.05) is 0 Å². The first-order valence-electron chi connectivity index (χ1n) is 7.07. The fraction of sp³-hybridized carbons (Fsp3) is 0.538. The number of hydrogen-bond acceptors (Lipinski definition) is 5. The molecule has 0 bridgehead atoms. The number of H-pyrrole nitrogens is 1. The molecule has 8 heteroatoms. The second kappa shape index (κ2) is 6.30. The van der Waals surface area contributed by atoms with Gasteiger partial charge in [-0.05, 0) is 25.7 Å². The smallest absolute Gasteiger partial charge is 0.269 e. The van der Waals surface area contributed by atoms with Crippen molar-refractivity contribution in [2.24, 2.45) is 7.05 Å². The zero-order chi connectivity index (χ0) is 14.7. The minimum Gasteiger partial charge on any atom is -0.350 e. The Morgan fingerprint density at radius 1 is 1.48 bits per heavy atom. The fourth-order valence-corrected chi connectivity index (χ4v) is 3.28. The molecule has 0 aromatic carbocycles. The molecule has 3 rings (SSSR count). The van der Waals surface area contributed by atoms with Crippen LogP contribution in [0.4, 0.5) is 0 Å². The van der Waals surface area contributed by atoms with E-state index < -0.39 is 0 Å². The van der Waals surface area contributed by atoms with Gasteiger partial charge >= 0.3 is 0 Å². The van der Waals surface area contributed by atoms with Crippen LogP contribution in [0.15, 0.2) is 11.2 Å². The molecule has 0 saturated carbocycles. The monoisotopic (exact) mass is 306 g/mol. The molecule has 0 atom stereocenters. The zero-order valence-corrected chi connectivity index (χ0v) is 12.7. The van der Waals surface area contributed by atoms with Gasteiger partial charge in [0.2, 0.25) is 0 Å². The van der Waals surface area contributed by atoms with Crippen LogP contribution in [0.25, 0.3) is 0 Å². The second-order valence-electron chi connectivity index (χ2n) is 5.02. The van der Waals surface area contributed by atoms with Crippen molar-refractivity contribution in [2.45, 2.75) is 30.7 Å². The van der Waals surface area contributed by atoms with Gasteiger partial charge in [0.1, 0.15) is 10.7 Å². The standard InChI is InChI=1S/C13H18N6OS/c1-19-12(9-4-2-3-5-10(9)17-19)13(20)14-6-7-21-11-8-15-18-16-11/h8H,2-7H2,1H3,(H,14,20)(H,15,16,18). The van der Waals surface area contributed by atoms with Gasteiger partial charge < -0.3 is 5.32 Å². The van der Waals surface area contributed by atoms with Crippen molar-refractivity contribution in [3.63, 3.8) is 0 Å².